The lowest BCUT2D eigenvalue weighted by Gasteiger charge is -2.20. The lowest BCUT2D eigenvalue weighted by atomic mass is 9.95. The number of ether oxygens (including phenoxy) is 1. The predicted octanol–water partition coefficient (Wildman–Crippen LogP) is 2.83. The second-order valence-corrected chi connectivity index (χ2v) is 5.92. The number of carbonyl (C=O) groups excluding carboxylic acids is 1. The third kappa shape index (κ3) is 2.30. The molecule has 0 heterocycles. The standard InChI is InChI=1S/C16H18O4/c1-10-2-5-13(11-3-4-12(17)9-11)14(8-10)20-16(6-7-16)15(18)19/h2,5,8,11H,3-4,6-7,9H2,1H3,(H,18,19). The van der Waals surface area contributed by atoms with Gasteiger partial charge in [0.1, 0.15) is 11.5 Å². The summed E-state index contributed by atoms with van der Waals surface area (Å²) in [5.41, 5.74) is 0.980. The molecule has 1 aromatic rings. The largest absolute Gasteiger partial charge is 0.478 e. The average Bonchev–Trinajstić information content (AvgIpc) is 3.05. The van der Waals surface area contributed by atoms with Crippen LogP contribution in [-0.4, -0.2) is 22.5 Å². The summed E-state index contributed by atoms with van der Waals surface area (Å²) in [5.74, 6) is 0.195. The monoisotopic (exact) mass is 274 g/mol. The van der Waals surface area contributed by atoms with E-state index in [1.807, 2.05) is 25.1 Å². The second-order valence-electron chi connectivity index (χ2n) is 5.92. The lowest BCUT2D eigenvalue weighted by molar-refractivity contribution is -0.147. The minimum absolute atomic E-state index is 0.169. The molecular weight excluding hydrogens is 256 g/mol. The number of carbonyl (C=O) groups is 2. The van der Waals surface area contributed by atoms with E-state index >= 15 is 0 Å². The summed E-state index contributed by atoms with van der Waals surface area (Å²) >= 11 is 0. The van der Waals surface area contributed by atoms with Gasteiger partial charge in [-0.3, -0.25) is 4.79 Å². The molecule has 0 saturated heterocycles. The van der Waals surface area contributed by atoms with Crippen LogP contribution in [0.3, 0.4) is 0 Å². The molecular formula is C16H18O4. The van der Waals surface area contributed by atoms with E-state index in [0.29, 0.717) is 31.4 Å². The summed E-state index contributed by atoms with van der Waals surface area (Å²) < 4.78 is 5.82. The Hall–Kier alpha value is -1.84. The Morgan fingerprint density at radius 1 is 1.40 bits per heavy atom. The van der Waals surface area contributed by atoms with Crippen molar-refractivity contribution in [2.45, 2.75) is 50.5 Å². The number of benzene rings is 1. The fourth-order valence-corrected chi connectivity index (χ4v) is 2.83. The molecule has 2 aliphatic carbocycles. The van der Waals surface area contributed by atoms with E-state index in [9.17, 15) is 14.7 Å². The van der Waals surface area contributed by atoms with Crippen molar-refractivity contribution in [3.05, 3.63) is 29.3 Å². The molecule has 106 valence electrons. The molecule has 3 rings (SSSR count). The van der Waals surface area contributed by atoms with E-state index in [0.717, 1.165) is 17.5 Å². The summed E-state index contributed by atoms with van der Waals surface area (Å²) in [5, 5.41) is 9.25. The zero-order valence-corrected chi connectivity index (χ0v) is 11.5. The third-order valence-electron chi connectivity index (χ3n) is 4.25. The van der Waals surface area contributed by atoms with Crippen LogP contribution in [0.4, 0.5) is 0 Å². The highest BCUT2D eigenvalue weighted by Crippen LogP contribution is 2.44. The van der Waals surface area contributed by atoms with Crippen molar-refractivity contribution in [2.24, 2.45) is 0 Å². The summed E-state index contributed by atoms with van der Waals surface area (Å²) in [6.45, 7) is 1.96. The van der Waals surface area contributed by atoms with E-state index < -0.39 is 11.6 Å². The first-order chi connectivity index (χ1) is 9.50. The molecule has 20 heavy (non-hydrogen) atoms. The Kier molecular flexibility index (Phi) is 3.04. The van der Waals surface area contributed by atoms with Crippen molar-refractivity contribution >= 4 is 11.8 Å². The van der Waals surface area contributed by atoms with Crippen LogP contribution in [0, 0.1) is 6.92 Å². The zero-order valence-electron chi connectivity index (χ0n) is 11.5. The number of Topliss-reactive ketones (excluding diaryl/α,β-unsaturated/α-hetero) is 1. The minimum Gasteiger partial charge on any atom is -0.478 e. The smallest absolute Gasteiger partial charge is 0.348 e. The van der Waals surface area contributed by atoms with E-state index in [-0.39, 0.29) is 11.7 Å². The van der Waals surface area contributed by atoms with Crippen LogP contribution in [-0.2, 0) is 9.59 Å². The third-order valence-corrected chi connectivity index (χ3v) is 4.25. The number of rotatable bonds is 4. The van der Waals surface area contributed by atoms with E-state index in [4.69, 9.17) is 4.74 Å². The second kappa shape index (κ2) is 4.62. The molecule has 1 aromatic carbocycles. The van der Waals surface area contributed by atoms with Crippen LogP contribution in [0.5, 0.6) is 5.75 Å². The normalized spacial score (nSPS) is 23.6. The molecule has 0 bridgehead atoms. The number of hydrogen-bond acceptors (Lipinski definition) is 3. The average molecular weight is 274 g/mol. The van der Waals surface area contributed by atoms with Crippen molar-refractivity contribution in [3.63, 3.8) is 0 Å². The van der Waals surface area contributed by atoms with Gasteiger partial charge in [-0.15, -0.1) is 0 Å². The maximum atomic E-state index is 11.5. The van der Waals surface area contributed by atoms with Gasteiger partial charge in [0, 0.05) is 25.7 Å². The van der Waals surface area contributed by atoms with Gasteiger partial charge in [0.05, 0.1) is 0 Å². The van der Waals surface area contributed by atoms with Gasteiger partial charge >= 0.3 is 5.97 Å². The van der Waals surface area contributed by atoms with Crippen LogP contribution in [0.1, 0.15) is 49.1 Å². The van der Waals surface area contributed by atoms with Gasteiger partial charge in [-0.1, -0.05) is 12.1 Å². The molecule has 4 heteroatoms. The topological polar surface area (TPSA) is 63.6 Å². The van der Waals surface area contributed by atoms with Crippen molar-refractivity contribution in [1.29, 1.82) is 0 Å². The fraction of sp³-hybridized carbons (Fsp3) is 0.500. The molecule has 1 atom stereocenters. The van der Waals surface area contributed by atoms with Crippen molar-refractivity contribution in [1.82, 2.24) is 0 Å². The van der Waals surface area contributed by atoms with Gasteiger partial charge in [0.2, 0.25) is 5.60 Å². The van der Waals surface area contributed by atoms with Gasteiger partial charge in [-0.05, 0) is 36.5 Å². The maximum absolute atomic E-state index is 11.5. The van der Waals surface area contributed by atoms with Crippen LogP contribution in [0.25, 0.3) is 0 Å². The minimum atomic E-state index is -1.04. The highest BCUT2D eigenvalue weighted by molar-refractivity contribution is 5.82. The van der Waals surface area contributed by atoms with Crippen LogP contribution < -0.4 is 4.74 Å². The number of aliphatic carboxylic acids is 1. The molecule has 1 N–H and O–H groups in total. The summed E-state index contributed by atoms with van der Waals surface area (Å²) in [6.07, 6.45) is 3.10. The van der Waals surface area contributed by atoms with Crippen molar-refractivity contribution in [2.75, 3.05) is 0 Å². The molecule has 0 aromatic heterocycles. The Balaban J connectivity index is 1.91. The molecule has 1 unspecified atom stereocenters. The van der Waals surface area contributed by atoms with E-state index in [1.165, 1.54) is 0 Å². The SMILES string of the molecule is Cc1ccc(C2CCC(=O)C2)c(OC2(C(=O)O)CC2)c1. The predicted molar refractivity (Wildman–Crippen MR) is 73.0 cm³/mol. The number of hydrogen-bond donors (Lipinski definition) is 1. The van der Waals surface area contributed by atoms with Gasteiger partial charge in [-0.2, -0.15) is 0 Å². The van der Waals surface area contributed by atoms with Crippen LogP contribution in [0.15, 0.2) is 18.2 Å². The maximum Gasteiger partial charge on any atom is 0.348 e. The summed E-state index contributed by atoms with van der Waals surface area (Å²) in [6, 6.07) is 5.86. The highest BCUT2D eigenvalue weighted by Gasteiger charge is 2.53. The van der Waals surface area contributed by atoms with E-state index in [1.54, 1.807) is 0 Å². The van der Waals surface area contributed by atoms with Gasteiger partial charge < -0.3 is 9.84 Å². The number of ketones is 1. The van der Waals surface area contributed by atoms with Crippen LogP contribution >= 0.6 is 0 Å². The van der Waals surface area contributed by atoms with Crippen LogP contribution in [0.2, 0.25) is 0 Å². The molecule has 0 amide bonds. The summed E-state index contributed by atoms with van der Waals surface area (Å²) in [7, 11) is 0. The van der Waals surface area contributed by atoms with Gasteiger partial charge in [0.15, 0.2) is 0 Å². The molecule has 0 spiro atoms. The number of aryl methyl sites for hydroxylation is 1. The summed E-state index contributed by atoms with van der Waals surface area (Å²) in [4.78, 5) is 22.8. The molecule has 4 nitrogen and oxygen atoms in total. The quantitative estimate of drug-likeness (QED) is 0.917. The Bertz CT molecular complexity index is 572. The van der Waals surface area contributed by atoms with Crippen molar-refractivity contribution < 1.29 is 19.4 Å². The van der Waals surface area contributed by atoms with Gasteiger partial charge in [0.25, 0.3) is 0 Å². The number of carboxylic acid groups (broad SMARTS) is 1. The van der Waals surface area contributed by atoms with E-state index in [2.05, 4.69) is 0 Å². The molecule has 2 saturated carbocycles. The Morgan fingerprint density at radius 3 is 2.70 bits per heavy atom. The lowest BCUT2D eigenvalue weighted by Crippen LogP contribution is -2.29. The first kappa shape index (κ1) is 13.2. The Morgan fingerprint density at radius 2 is 2.15 bits per heavy atom. The zero-order chi connectivity index (χ0) is 14.3. The highest BCUT2D eigenvalue weighted by atomic mass is 16.5. The molecule has 0 radical (unpaired) electrons. The molecule has 2 fully saturated rings. The van der Waals surface area contributed by atoms with Gasteiger partial charge in [-0.25, -0.2) is 4.79 Å². The molecule has 2 aliphatic rings. The number of carboxylic acids is 1. The first-order valence-corrected chi connectivity index (χ1v) is 7.05. The van der Waals surface area contributed by atoms with Crippen molar-refractivity contribution in [3.8, 4) is 5.75 Å². The first-order valence-electron chi connectivity index (χ1n) is 7.05. The molecule has 0 aliphatic heterocycles. The fourth-order valence-electron chi connectivity index (χ4n) is 2.83. The Labute approximate surface area is 117 Å².